The minimum absolute atomic E-state index is 0.0165. The average molecular weight is 639 g/mol. The Labute approximate surface area is 263 Å². The first-order valence-corrected chi connectivity index (χ1v) is 16.0. The molecule has 0 saturated heterocycles. The first-order valence-electron chi connectivity index (χ1n) is 13.8. The summed E-state index contributed by atoms with van der Waals surface area (Å²) in [6.45, 7) is 3.51. The van der Waals surface area contributed by atoms with E-state index in [9.17, 15) is 18.0 Å². The van der Waals surface area contributed by atoms with Gasteiger partial charge in [0, 0.05) is 29.6 Å². The van der Waals surface area contributed by atoms with Crippen LogP contribution in [0.1, 0.15) is 23.6 Å². The third-order valence-electron chi connectivity index (χ3n) is 6.83. The Bertz CT molecular complexity index is 1670. The Hall–Kier alpha value is -3.85. The molecule has 0 aliphatic rings. The number of rotatable bonds is 12. The Morgan fingerprint density at radius 3 is 2.14 bits per heavy atom. The molecule has 0 fully saturated rings. The number of nitrogens with zero attached hydrogens (tertiary/aromatic N) is 2. The number of sulfonamides is 1. The molecule has 0 aliphatic carbocycles. The first-order chi connectivity index (χ1) is 20.6. The van der Waals surface area contributed by atoms with E-state index in [0.29, 0.717) is 27.8 Å². The lowest BCUT2D eigenvalue weighted by atomic mass is 10.0. The fraction of sp³-hybridized carbons (Fsp3) is 0.212. The molecule has 4 aromatic carbocycles. The fourth-order valence-electron chi connectivity index (χ4n) is 4.72. The molecule has 43 heavy (non-hydrogen) atoms. The number of benzene rings is 4. The van der Waals surface area contributed by atoms with E-state index in [-0.39, 0.29) is 23.8 Å². The van der Waals surface area contributed by atoms with E-state index in [2.05, 4.69) is 5.32 Å². The summed E-state index contributed by atoms with van der Waals surface area (Å²) >= 11 is 12.3. The van der Waals surface area contributed by atoms with Gasteiger partial charge in [0.05, 0.1) is 10.6 Å². The average Bonchev–Trinajstić information content (AvgIpc) is 2.98. The number of halogens is 2. The number of anilines is 1. The van der Waals surface area contributed by atoms with Crippen LogP contribution in [0, 0.1) is 6.92 Å². The van der Waals surface area contributed by atoms with E-state index in [1.165, 1.54) is 29.2 Å². The Morgan fingerprint density at radius 2 is 1.49 bits per heavy atom. The first kappa shape index (κ1) is 32.1. The van der Waals surface area contributed by atoms with Gasteiger partial charge in [0.1, 0.15) is 12.6 Å². The minimum atomic E-state index is -4.21. The molecule has 1 N–H and O–H groups in total. The summed E-state index contributed by atoms with van der Waals surface area (Å²) in [4.78, 5) is 29.3. The molecule has 0 unspecified atom stereocenters. The van der Waals surface area contributed by atoms with E-state index >= 15 is 0 Å². The highest BCUT2D eigenvalue weighted by molar-refractivity contribution is 7.92. The maximum absolute atomic E-state index is 14.4. The van der Waals surface area contributed by atoms with Crippen molar-refractivity contribution in [2.45, 2.75) is 37.8 Å². The number of carbonyl (C=O) groups is 2. The summed E-state index contributed by atoms with van der Waals surface area (Å²) < 4.78 is 29.1. The SMILES string of the molecule is CCNC(=O)[C@@H](Cc1ccccc1)N(Cc1cccc(Cl)c1)C(=O)CN(c1cccc(C)c1)S(=O)(=O)c1ccc(Cl)cc1. The number of amides is 2. The van der Waals surface area contributed by atoms with Crippen molar-refractivity contribution in [3.63, 3.8) is 0 Å². The molecule has 0 saturated carbocycles. The van der Waals surface area contributed by atoms with Gasteiger partial charge < -0.3 is 10.2 Å². The number of carbonyl (C=O) groups excluding carboxylic acids is 2. The van der Waals surface area contributed by atoms with Gasteiger partial charge in [0.2, 0.25) is 11.8 Å². The second kappa shape index (κ2) is 14.6. The van der Waals surface area contributed by atoms with Gasteiger partial charge in [0.15, 0.2) is 0 Å². The number of hydrogen-bond donors (Lipinski definition) is 1. The van der Waals surface area contributed by atoms with Gasteiger partial charge in [-0.25, -0.2) is 8.42 Å². The van der Waals surface area contributed by atoms with Crippen LogP contribution in [0.2, 0.25) is 10.0 Å². The van der Waals surface area contributed by atoms with Crippen LogP contribution in [0.5, 0.6) is 0 Å². The predicted molar refractivity (Wildman–Crippen MR) is 172 cm³/mol. The Balaban J connectivity index is 1.80. The van der Waals surface area contributed by atoms with Crippen molar-refractivity contribution < 1.29 is 18.0 Å². The molecule has 4 rings (SSSR count). The van der Waals surface area contributed by atoms with Crippen LogP contribution in [0.15, 0.2) is 108 Å². The zero-order valence-corrected chi connectivity index (χ0v) is 26.2. The van der Waals surface area contributed by atoms with Crippen molar-refractivity contribution in [1.82, 2.24) is 10.2 Å². The number of aryl methyl sites for hydroxylation is 1. The van der Waals surface area contributed by atoms with Crippen molar-refractivity contribution in [2.24, 2.45) is 0 Å². The third kappa shape index (κ3) is 8.38. The smallest absolute Gasteiger partial charge is 0.264 e. The lowest BCUT2D eigenvalue weighted by molar-refractivity contribution is -0.140. The summed E-state index contributed by atoms with van der Waals surface area (Å²) in [6.07, 6.45) is 0.230. The molecule has 7 nitrogen and oxygen atoms in total. The van der Waals surface area contributed by atoms with Gasteiger partial charge in [-0.2, -0.15) is 0 Å². The summed E-state index contributed by atoms with van der Waals surface area (Å²) in [5.41, 5.74) is 2.70. The summed E-state index contributed by atoms with van der Waals surface area (Å²) in [5.74, 6) is -0.893. The van der Waals surface area contributed by atoms with Crippen molar-refractivity contribution in [3.05, 3.63) is 130 Å². The van der Waals surface area contributed by atoms with E-state index in [1.807, 2.05) is 49.4 Å². The van der Waals surface area contributed by atoms with Crippen LogP contribution in [0.25, 0.3) is 0 Å². The second-order valence-electron chi connectivity index (χ2n) is 10.1. The highest BCUT2D eigenvalue weighted by atomic mass is 35.5. The lowest BCUT2D eigenvalue weighted by Gasteiger charge is -2.34. The molecule has 224 valence electrons. The normalized spacial score (nSPS) is 11.9. The number of nitrogens with one attached hydrogen (secondary N) is 1. The van der Waals surface area contributed by atoms with Crippen LogP contribution >= 0.6 is 23.2 Å². The molecule has 1 atom stereocenters. The van der Waals surface area contributed by atoms with Crippen LogP contribution in [0.3, 0.4) is 0 Å². The highest BCUT2D eigenvalue weighted by Gasteiger charge is 2.34. The zero-order chi connectivity index (χ0) is 31.0. The largest absolute Gasteiger partial charge is 0.355 e. The molecule has 0 aliphatic heterocycles. The van der Waals surface area contributed by atoms with Gasteiger partial charge in [-0.05, 0) is 79.1 Å². The molecule has 4 aromatic rings. The molecule has 0 bridgehead atoms. The van der Waals surface area contributed by atoms with Crippen LogP contribution in [-0.4, -0.2) is 44.3 Å². The molecule has 0 aromatic heterocycles. The zero-order valence-electron chi connectivity index (χ0n) is 23.9. The van der Waals surface area contributed by atoms with Crippen LogP contribution in [-0.2, 0) is 32.6 Å². The topological polar surface area (TPSA) is 86.8 Å². The summed E-state index contributed by atoms with van der Waals surface area (Å²) in [5, 5.41) is 3.71. The van der Waals surface area contributed by atoms with E-state index in [1.54, 1.807) is 43.3 Å². The van der Waals surface area contributed by atoms with Crippen LogP contribution < -0.4 is 9.62 Å². The van der Waals surface area contributed by atoms with Crippen molar-refractivity contribution >= 4 is 50.7 Å². The van der Waals surface area contributed by atoms with Gasteiger partial charge in [-0.15, -0.1) is 0 Å². The van der Waals surface area contributed by atoms with E-state index in [4.69, 9.17) is 23.2 Å². The minimum Gasteiger partial charge on any atom is -0.355 e. The highest BCUT2D eigenvalue weighted by Crippen LogP contribution is 2.27. The van der Waals surface area contributed by atoms with Gasteiger partial charge in [-0.1, -0.05) is 77.8 Å². The van der Waals surface area contributed by atoms with Crippen LogP contribution in [0.4, 0.5) is 5.69 Å². The van der Waals surface area contributed by atoms with Crippen molar-refractivity contribution in [1.29, 1.82) is 0 Å². The van der Waals surface area contributed by atoms with Gasteiger partial charge in [-0.3, -0.25) is 13.9 Å². The number of hydrogen-bond acceptors (Lipinski definition) is 4. The van der Waals surface area contributed by atoms with Gasteiger partial charge >= 0.3 is 0 Å². The molecule has 10 heteroatoms. The van der Waals surface area contributed by atoms with Crippen molar-refractivity contribution in [2.75, 3.05) is 17.4 Å². The fourth-order valence-corrected chi connectivity index (χ4v) is 6.47. The van der Waals surface area contributed by atoms with E-state index in [0.717, 1.165) is 15.4 Å². The van der Waals surface area contributed by atoms with Gasteiger partial charge in [0.25, 0.3) is 10.0 Å². The molecular weight excluding hydrogens is 605 g/mol. The molecule has 0 spiro atoms. The lowest BCUT2D eigenvalue weighted by Crippen LogP contribution is -2.53. The monoisotopic (exact) mass is 637 g/mol. The predicted octanol–water partition coefficient (Wildman–Crippen LogP) is 6.27. The quantitative estimate of drug-likeness (QED) is 0.198. The molecular formula is C33H33Cl2N3O4S. The van der Waals surface area contributed by atoms with Crippen molar-refractivity contribution in [3.8, 4) is 0 Å². The molecule has 2 amide bonds. The standard InChI is InChI=1S/C33H33Cl2N3O4S/c1-3-36-33(40)31(21-25-10-5-4-6-11-25)37(22-26-12-8-13-28(35)20-26)32(39)23-38(29-14-7-9-24(2)19-29)43(41,42)30-17-15-27(34)16-18-30/h4-20,31H,3,21-23H2,1-2H3,(H,36,40)/t31-/m1/s1. The maximum Gasteiger partial charge on any atom is 0.264 e. The Morgan fingerprint density at radius 1 is 0.814 bits per heavy atom. The third-order valence-corrected chi connectivity index (χ3v) is 9.11. The van der Waals surface area contributed by atoms with E-state index < -0.39 is 28.5 Å². The summed E-state index contributed by atoms with van der Waals surface area (Å²) in [7, 11) is -4.21. The maximum atomic E-state index is 14.4. The molecule has 0 heterocycles. The summed E-state index contributed by atoms with van der Waals surface area (Å²) in [6, 6.07) is 28.2. The Kier molecular flexibility index (Phi) is 10.9. The number of likely N-dealkylation sites (N-methyl/N-ethyl adjacent to an activating group) is 1. The molecule has 0 radical (unpaired) electrons. The second-order valence-corrected chi connectivity index (χ2v) is 12.8.